The van der Waals surface area contributed by atoms with Gasteiger partial charge in [-0.15, -0.1) is 24.8 Å². The van der Waals surface area contributed by atoms with Crippen molar-refractivity contribution in [3.63, 3.8) is 0 Å². The van der Waals surface area contributed by atoms with E-state index in [1.54, 1.807) is 42.5 Å². The monoisotopic (exact) mass is 1530 g/mol. The number of hydroxylamine groups is 1. The summed E-state index contributed by atoms with van der Waals surface area (Å²) >= 11 is 5.29. The maximum absolute atomic E-state index is 11.3. The molecule has 19 nitrogen and oxygen atoms in total. The number of carboxylic acids is 1. The van der Waals surface area contributed by atoms with E-state index < -0.39 is 43.8 Å². The molecule has 0 saturated carbocycles. The molecular weight excluding hydrogens is 1480 g/mol. The average Bonchev–Trinajstić information content (AvgIpc) is 3.38. The molecule has 0 heterocycles. The van der Waals surface area contributed by atoms with E-state index in [1.165, 1.54) is 78.0 Å². The van der Waals surface area contributed by atoms with Crippen molar-refractivity contribution in [3.8, 4) is 36.7 Å². The first-order chi connectivity index (χ1) is 35.2. The number of nitrogen functional groups attached to an aromatic ring is 3. The molecule has 0 aromatic heterocycles. The molecule has 1 amide bonds. The van der Waals surface area contributed by atoms with Crippen molar-refractivity contribution in [1.82, 2.24) is 5.48 Å². The average molecular weight is 1530 g/mol. The fraction of sp³-hybridized carbons (Fsp3) is 0.163. The number of esters is 3. The van der Waals surface area contributed by atoms with Crippen LogP contribution in [0.4, 0.5) is 22.7 Å². The number of hydrogen-bond acceptors (Lipinski definition) is 16. The first kappa shape index (κ1) is 73.8. The van der Waals surface area contributed by atoms with Crippen LogP contribution in [0.2, 0.25) is 19.6 Å². The van der Waals surface area contributed by atoms with Crippen molar-refractivity contribution in [2.45, 2.75) is 19.6 Å². The molecule has 26 heteroatoms. The van der Waals surface area contributed by atoms with Crippen LogP contribution < -0.4 is 28.6 Å². The number of nitrogens with two attached hydrogens (primary N) is 4. The number of benzene rings is 5. The van der Waals surface area contributed by atoms with Crippen LogP contribution in [0.15, 0.2) is 97.1 Å². The van der Waals surface area contributed by atoms with Gasteiger partial charge in [-0.1, -0.05) is 31.5 Å². The molecule has 0 aliphatic carbocycles. The number of nitrogens with one attached hydrogen (secondary N) is 1. The van der Waals surface area contributed by atoms with Gasteiger partial charge in [0, 0.05) is 47.0 Å². The normalized spacial score (nSPS) is 9.11. The van der Waals surface area contributed by atoms with Crippen LogP contribution >= 0.6 is 85.6 Å². The van der Waals surface area contributed by atoms with E-state index >= 15 is 0 Å². The molecular formula is C49H53Cl2I3N6O13SiSn. The predicted molar refractivity (Wildman–Crippen MR) is 322 cm³/mol. The molecule has 10 N–H and O–H groups in total. The van der Waals surface area contributed by atoms with Crippen LogP contribution in [0.1, 0.15) is 62.9 Å². The Morgan fingerprint density at radius 1 is 0.640 bits per heavy atom. The number of terminal acetylenes is 3. The molecule has 5 rings (SSSR count). The zero-order valence-corrected chi connectivity index (χ0v) is 53.3. The molecule has 5 aromatic carbocycles. The molecule has 0 aliphatic rings. The maximum atomic E-state index is 11.3. The fourth-order valence-corrected chi connectivity index (χ4v) is 5.43. The minimum atomic E-state index is -1.10. The van der Waals surface area contributed by atoms with Gasteiger partial charge in [0.05, 0.1) is 66.3 Å². The number of nitro groups is 1. The van der Waals surface area contributed by atoms with Gasteiger partial charge in [0.15, 0.2) is 0 Å². The Morgan fingerprint density at radius 3 is 1.33 bits per heavy atom. The van der Waals surface area contributed by atoms with Crippen LogP contribution in [-0.2, 0) is 23.9 Å². The number of carbonyl (C=O) groups is 5. The van der Waals surface area contributed by atoms with Gasteiger partial charge >= 0.3 is 60.6 Å². The zero-order valence-electron chi connectivity index (χ0n) is 41.5. The Balaban J connectivity index is -0.000000821. The van der Waals surface area contributed by atoms with Gasteiger partial charge in [0.1, 0.15) is 8.07 Å². The number of nitro benzene ring substituents is 1. The van der Waals surface area contributed by atoms with Crippen molar-refractivity contribution >= 4 is 165 Å². The second-order valence-corrected chi connectivity index (χ2v) is 26.8. The Labute approximate surface area is 495 Å². The number of anilines is 3. The molecule has 0 unspecified atom stereocenters. The number of aromatic carboxylic acids is 1. The van der Waals surface area contributed by atoms with Crippen molar-refractivity contribution in [2.24, 2.45) is 5.90 Å². The number of hydrogen-bond donors (Lipinski definition) is 6. The van der Waals surface area contributed by atoms with Crippen molar-refractivity contribution < 1.29 is 57.9 Å². The number of halogens is 5. The van der Waals surface area contributed by atoms with E-state index in [0.717, 1.165) is 7.14 Å². The second-order valence-electron chi connectivity index (χ2n) is 14.2. The number of amides is 1. The summed E-state index contributed by atoms with van der Waals surface area (Å²) in [6, 6.07) is 25.5. The van der Waals surface area contributed by atoms with Gasteiger partial charge < -0.3 is 41.4 Å². The SMILES string of the molecule is C#C[Si](C)(C)C.C#Cc1ccc(C(=O)NOC)cc1N.C#Cc1ccc(C(=O)O)cc1N.COC(=O)c1ccc(I)c(N)c1.COC(=O)c1ccc(I)c([N+](=O)[O-])c1.COC(=O)c1ccc(I)cc1.CON.[Cl][Sn][Cl]. The Morgan fingerprint density at radius 2 is 0.987 bits per heavy atom. The molecule has 75 heavy (non-hydrogen) atoms. The van der Waals surface area contributed by atoms with Crippen LogP contribution in [-0.4, -0.2) is 102 Å². The summed E-state index contributed by atoms with van der Waals surface area (Å²) in [6.45, 7) is 6.44. The minimum absolute atomic E-state index is 0.0894. The molecule has 0 saturated heterocycles. The van der Waals surface area contributed by atoms with Crippen molar-refractivity contribution in [2.75, 3.05) is 52.7 Å². The molecule has 0 atom stereocenters. The van der Waals surface area contributed by atoms with E-state index in [4.69, 9.17) is 59.4 Å². The molecule has 0 aliphatic heterocycles. The predicted octanol–water partition coefficient (Wildman–Crippen LogP) is 9.22. The number of methoxy groups -OCH3 is 3. The first-order valence-corrected chi connectivity index (χ1v) is 34.1. The van der Waals surface area contributed by atoms with Gasteiger partial charge in [-0.25, -0.2) is 30.6 Å². The van der Waals surface area contributed by atoms with E-state index in [1.807, 2.05) is 34.7 Å². The standard InChI is InChI=1S/C10H10N2O2.C9H7NO2.C8H6INO4.C8H8INO2.C8H7IO2.C5H10Si.CH5NO.2ClH.Sn/c1-3-7-4-5-8(6-9(7)11)10(13)12-14-2;1-2-6-3-4-7(9(11)12)5-8(6)10;1-14-8(11)5-2-3-6(9)7(4-5)10(12)13;1-12-8(11)5-2-3-6(9)7(10)4-5;1-11-8(10)6-2-4-7(9)5-3-6;1-5-6(2,3)4;1-3-2;;;/h1,4-6H,11H2,2H3,(H,12,13);1,3-5H,10H2,(H,11,12);2-4H,1H3;2-4H,10H2,1H3;2-5H,1H3;1H,2-4H3;2H2,1H3;2*1H;/q;;;;;;;;;+2/p-2. The van der Waals surface area contributed by atoms with Crippen LogP contribution in [0, 0.1) is 57.5 Å². The zero-order chi connectivity index (χ0) is 58.4. The third-order valence-electron chi connectivity index (χ3n) is 7.80. The Hall–Kier alpha value is -5.40. The third-order valence-corrected chi connectivity index (χ3v) is 11.3. The summed E-state index contributed by atoms with van der Waals surface area (Å²) in [5.41, 5.74) is 25.7. The second kappa shape index (κ2) is 41.8. The third kappa shape index (κ3) is 32.6. The van der Waals surface area contributed by atoms with Gasteiger partial charge in [0.25, 0.3) is 11.6 Å². The number of carbonyl (C=O) groups excluding carboxylic acids is 4. The van der Waals surface area contributed by atoms with Gasteiger partial charge in [0.2, 0.25) is 0 Å². The summed E-state index contributed by atoms with van der Waals surface area (Å²) in [5, 5.41) is 19.1. The van der Waals surface area contributed by atoms with Crippen LogP contribution in [0.3, 0.4) is 0 Å². The van der Waals surface area contributed by atoms with Crippen LogP contribution in [0.25, 0.3) is 0 Å². The summed E-state index contributed by atoms with van der Waals surface area (Å²) in [7, 11) is 15.5. The molecule has 400 valence electrons. The molecule has 0 bridgehead atoms. The van der Waals surface area contributed by atoms with E-state index in [-0.39, 0.29) is 34.7 Å². The summed E-state index contributed by atoms with van der Waals surface area (Å²) in [6.07, 6.45) is 15.4. The van der Waals surface area contributed by atoms with Gasteiger partial charge in [-0.3, -0.25) is 19.7 Å². The summed E-state index contributed by atoms with van der Waals surface area (Å²) in [5.74, 6) is 6.50. The van der Waals surface area contributed by atoms with Crippen molar-refractivity contribution in [1.29, 1.82) is 0 Å². The van der Waals surface area contributed by atoms with Gasteiger partial charge in [-0.05, 0) is 159 Å². The quantitative estimate of drug-likeness (QED) is 0.0129. The summed E-state index contributed by atoms with van der Waals surface area (Å²) < 4.78 is 16.0. The van der Waals surface area contributed by atoms with Crippen LogP contribution in [0.5, 0.6) is 0 Å². The topological polar surface area (TPSA) is 311 Å². The number of rotatable bonds is 7. The number of ether oxygens (including phenoxy) is 3. The molecule has 0 spiro atoms. The van der Waals surface area contributed by atoms with E-state index in [0.29, 0.717) is 48.4 Å². The molecule has 2 radical (unpaired) electrons. The molecule has 5 aromatic rings. The Kier molecular flexibility index (Phi) is 41.1. The van der Waals surface area contributed by atoms with Gasteiger partial charge in [-0.2, -0.15) is 0 Å². The van der Waals surface area contributed by atoms with E-state index in [2.05, 4.69) is 117 Å². The van der Waals surface area contributed by atoms with Crippen molar-refractivity contribution in [3.05, 3.63) is 157 Å². The molecule has 0 fully saturated rings. The first-order valence-electron chi connectivity index (χ1n) is 20.1. The number of carboxylic acid groups (broad SMARTS) is 1. The van der Waals surface area contributed by atoms with E-state index in [9.17, 15) is 34.1 Å². The summed E-state index contributed by atoms with van der Waals surface area (Å²) in [4.78, 5) is 72.9. The number of nitrogens with zero attached hydrogens (tertiary/aromatic N) is 1. The fourth-order valence-electron chi connectivity index (χ4n) is 4.20. The Bertz CT molecular complexity index is 2790.